The molecule has 4 fully saturated rings. The summed E-state index contributed by atoms with van der Waals surface area (Å²) in [7, 11) is 0. The molecule has 1 nitrogen and oxygen atoms in total. The van der Waals surface area contributed by atoms with E-state index in [1.807, 2.05) is 0 Å². The largest absolute Gasteiger partial charge is 0.393 e. The normalized spacial score (nSPS) is 50.6. The van der Waals surface area contributed by atoms with Crippen molar-refractivity contribution >= 4 is 0 Å². The first kappa shape index (κ1) is 21.0. The van der Waals surface area contributed by atoms with Crippen LogP contribution in [0.5, 0.6) is 0 Å². The highest BCUT2D eigenvalue weighted by Gasteiger charge is 2.60. The van der Waals surface area contributed by atoms with Gasteiger partial charge >= 0.3 is 0 Å². The summed E-state index contributed by atoms with van der Waals surface area (Å²) in [6.45, 7) is 12.5. The van der Waals surface area contributed by atoms with Crippen LogP contribution in [0.15, 0.2) is 12.2 Å². The average molecular weight is 387 g/mol. The molecule has 0 radical (unpaired) electrons. The fraction of sp³-hybridized carbons (Fsp3) is 0.926. The molecular weight excluding hydrogens is 340 g/mol. The first-order valence-corrected chi connectivity index (χ1v) is 12.7. The summed E-state index contributed by atoms with van der Waals surface area (Å²) in [4.78, 5) is 0. The molecule has 4 aliphatic carbocycles. The summed E-state index contributed by atoms with van der Waals surface area (Å²) in [5.41, 5.74) is 1.08. The number of hydrogen-bond donors (Lipinski definition) is 1. The molecule has 4 saturated carbocycles. The van der Waals surface area contributed by atoms with Gasteiger partial charge < -0.3 is 5.11 Å². The Morgan fingerprint density at radius 1 is 0.893 bits per heavy atom. The van der Waals surface area contributed by atoms with Gasteiger partial charge in [-0.3, -0.25) is 0 Å². The Morgan fingerprint density at radius 2 is 1.61 bits per heavy atom. The molecule has 0 bridgehead atoms. The zero-order chi connectivity index (χ0) is 20.1. The van der Waals surface area contributed by atoms with Crippen LogP contribution in [0.3, 0.4) is 0 Å². The minimum absolute atomic E-state index is 0.0162. The van der Waals surface area contributed by atoms with Crippen molar-refractivity contribution in [3.8, 4) is 0 Å². The van der Waals surface area contributed by atoms with Crippen molar-refractivity contribution in [3.05, 3.63) is 12.2 Å². The van der Waals surface area contributed by atoms with Crippen LogP contribution in [0, 0.1) is 52.3 Å². The van der Waals surface area contributed by atoms with Crippen LogP contribution in [-0.4, -0.2) is 11.2 Å². The van der Waals surface area contributed by atoms with Crippen LogP contribution in [0.2, 0.25) is 0 Å². The molecule has 1 heteroatoms. The van der Waals surface area contributed by atoms with E-state index in [2.05, 4.69) is 46.8 Å². The first-order chi connectivity index (χ1) is 13.3. The van der Waals surface area contributed by atoms with Gasteiger partial charge in [0, 0.05) is 0 Å². The predicted molar refractivity (Wildman–Crippen MR) is 119 cm³/mol. The number of allylic oxidation sites excluding steroid dienone is 2. The molecule has 28 heavy (non-hydrogen) atoms. The third-order valence-electron chi connectivity index (χ3n) is 10.7. The zero-order valence-electron chi connectivity index (χ0n) is 19.3. The maximum atomic E-state index is 10.2. The molecule has 0 heterocycles. The third-order valence-corrected chi connectivity index (χ3v) is 10.7. The van der Waals surface area contributed by atoms with E-state index in [-0.39, 0.29) is 6.10 Å². The molecule has 4 rings (SSSR count). The number of hydrogen-bond acceptors (Lipinski definition) is 1. The van der Waals surface area contributed by atoms with Crippen LogP contribution in [0.25, 0.3) is 0 Å². The maximum absolute atomic E-state index is 10.2. The van der Waals surface area contributed by atoms with Crippen molar-refractivity contribution in [3.63, 3.8) is 0 Å². The number of aliphatic hydroxyl groups is 1. The number of fused-ring (bicyclic) bond motifs is 5. The lowest BCUT2D eigenvalue weighted by atomic mass is 9.44. The molecule has 0 aromatic rings. The summed E-state index contributed by atoms with van der Waals surface area (Å²) in [5, 5.41) is 10.2. The minimum Gasteiger partial charge on any atom is -0.393 e. The molecule has 0 unspecified atom stereocenters. The van der Waals surface area contributed by atoms with Gasteiger partial charge in [-0.25, -0.2) is 0 Å². The molecule has 160 valence electrons. The van der Waals surface area contributed by atoms with Gasteiger partial charge in [0.1, 0.15) is 0 Å². The molecule has 0 spiro atoms. The van der Waals surface area contributed by atoms with Gasteiger partial charge in [0.25, 0.3) is 0 Å². The van der Waals surface area contributed by atoms with Gasteiger partial charge in [-0.1, -0.05) is 53.2 Å². The summed E-state index contributed by atoms with van der Waals surface area (Å²) < 4.78 is 0. The second kappa shape index (κ2) is 7.75. The maximum Gasteiger partial charge on any atom is 0.0543 e. The summed E-state index contributed by atoms with van der Waals surface area (Å²) in [5.74, 6) is 5.99. The molecule has 4 aliphatic rings. The lowest BCUT2D eigenvalue weighted by Crippen LogP contribution is -2.54. The molecule has 0 saturated heterocycles. The Morgan fingerprint density at radius 3 is 2.36 bits per heavy atom. The summed E-state index contributed by atoms with van der Waals surface area (Å²) >= 11 is 0. The van der Waals surface area contributed by atoms with E-state index in [4.69, 9.17) is 0 Å². The van der Waals surface area contributed by atoms with Gasteiger partial charge in [-0.05, 0) is 110 Å². The minimum atomic E-state index is -0.0162. The molecule has 1 N–H and O–H groups in total. The van der Waals surface area contributed by atoms with E-state index in [0.717, 1.165) is 54.3 Å². The highest BCUT2D eigenvalue weighted by atomic mass is 16.3. The van der Waals surface area contributed by atoms with Gasteiger partial charge in [-0.15, -0.1) is 0 Å². The van der Waals surface area contributed by atoms with Crippen molar-refractivity contribution in [2.75, 3.05) is 0 Å². The van der Waals surface area contributed by atoms with E-state index < -0.39 is 0 Å². The lowest BCUT2D eigenvalue weighted by Gasteiger charge is -2.61. The standard InChI is InChI=1S/C27H46O/c1-6-18(2)7-8-19(3)23-11-12-24-22-10-9-20-17-21(28)13-15-26(20,4)25(22)14-16-27(23,24)5/h7-8,18-25,28H,6,9-17H2,1-5H3/b8-7+/t18-,19+,20+,21+,22+,23+,24+,25+,26+,27-/m1/s1. The lowest BCUT2D eigenvalue weighted by molar-refractivity contribution is -0.128. The SMILES string of the molecule is CC[C@@H](C)/C=C/[C@H](C)[C@@H]1CC[C@H]2[C@@H]3CC[C@H]4C[C@@H](O)CC[C@]4(C)[C@H]3CC[C@@]21C. The van der Waals surface area contributed by atoms with Crippen LogP contribution < -0.4 is 0 Å². The molecule has 10 atom stereocenters. The summed E-state index contributed by atoms with van der Waals surface area (Å²) in [6.07, 6.45) is 18.4. The van der Waals surface area contributed by atoms with Gasteiger partial charge in [0.2, 0.25) is 0 Å². The Bertz CT molecular complexity index is 581. The van der Waals surface area contributed by atoms with E-state index in [0.29, 0.717) is 10.8 Å². The van der Waals surface area contributed by atoms with Crippen LogP contribution in [0.4, 0.5) is 0 Å². The summed E-state index contributed by atoms with van der Waals surface area (Å²) in [6, 6.07) is 0. The van der Waals surface area contributed by atoms with Crippen molar-refractivity contribution in [2.45, 2.75) is 105 Å². The van der Waals surface area contributed by atoms with Crippen molar-refractivity contribution in [1.82, 2.24) is 0 Å². The fourth-order valence-corrected chi connectivity index (χ4v) is 8.77. The average Bonchev–Trinajstić information content (AvgIpc) is 3.03. The van der Waals surface area contributed by atoms with Crippen molar-refractivity contribution in [2.24, 2.45) is 52.3 Å². The molecular formula is C27H46O. The van der Waals surface area contributed by atoms with Crippen molar-refractivity contribution in [1.29, 1.82) is 0 Å². The molecule has 0 amide bonds. The molecule has 0 aromatic carbocycles. The Kier molecular flexibility index (Phi) is 5.80. The monoisotopic (exact) mass is 386 g/mol. The predicted octanol–water partition coefficient (Wildman–Crippen LogP) is 7.24. The Hall–Kier alpha value is -0.300. The highest BCUT2D eigenvalue weighted by Crippen LogP contribution is 2.68. The smallest absolute Gasteiger partial charge is 0.0543 e. The third kappa shape index (κ3) is 3.32. The quantitative estimate of drug-likeness (QED) is 0.505. The Labute approximate surface area is 174 Å². The van der Waals surface area contributed by atoms with Gasteiger partial charge in [0.15, 0.2) is 0 Å². The topological polar surface area (TPSA) is 20.2 Å². The van der Waals surface area contributed by atoms with Crippen LogP contribution >= 0.6 is 0 Å². The first-order valence-electron chi connectivity index (χ1n) is 12.7. The Balaban J connectivity index is 1.51. The fourth-order valence-electron chi connectivity index (χ4n) is 8.77. The van der Waals surface area contributed by atoms with E-state index in [9.17, 15) is 5.11 Å². The second-order valence-electron chi connectivity index (χ2n) is 11.9. The molecule has 0 aromatic heterocycles. The van der Waals surface area contributed by atoms with Gasteiger partial charge in [0.05, 0.1) is 6.10 Å². The van der Waals surface area contributed by atoms with Crippen LogP contribution in [0.1, 0.15) is 98.8 Å². The number of aliphatic hydroxyl groups excluding tert-OH is 1. The van der Waals surface area contributed by atoms with E-state index in [1.54, 1.807) is 0 Å². The van der Waals surface area contributed by atoms with E-state index >= 15 is 0 Å². The van der Waals surface area contributed by atoms with E-state index in [1.165, 1.54) is 51.4 Å². The highest BCUT2D eigenvalue weighted by molar-refractivity contribution is 5.11. The van der Waals surface area contributed by atoms with Crippen LogP contribution in [-0.2, 0) is 0 Å². The van der Waals surface area contributed by atoms with Crippen molar-refractivity contribution < 1.29 is 5.11 Å². The second-order valence-corrected chi connectivity index (χ2v) is 11.9. The van der Waals surface area contributed by atoms with Gasteiger partial charge in [-0.2, -0.15) is 0 Å². The number of rotatable bonds is 4. The molecule has 0 aliphatic heterocycles. The zero-order valence-corrected chi connectivity index (χ0v) is 19.3.